The van der Waals surface area contributed by atoms with E-state index in [1.54, 1.807) is 6.92 Å². The second-order valence-corrected chi connectivity index (χ2v) is 8.67. The molecule has 0 saturated carbocycles. The van der Waals surface area contributed by atoms with Crippen LogP contribution in [0.3, 0.4) is 0 Å². The van der Waals surface area contributed by atoms with Gasteiger partial charge in [0.05, 0.1) is 19.5 Å². The van der Waals surface area contributed by atoms with E-state index in [1.807, 2.05) is 34.6 Å². The third kappa shape index (κ3) is 7.75. The number of carbonyl (C=O) groups is 1. The van der Waals surface area contributed by atoms with Crippen molar-refractivity contribution < 1.29 is 28.1 Å². The lowest BCUT2D eigenvalue weighted by Crippen LogP contribution is -2.46. The van der Waals surface area contributed by atoms with Gasteiger partial charge in [-0.3, -0.25) is 14.7 Å². The van der Waals surface area contributed by atoms with Crippen molar-refractivity contribution in [3.8, 4) is 0 Å². The van der Waals surface area contributed by atoms with Crippen LogP contribution in [0.15, 0.2) is 0 Å². The first-order valence-corrected chi connectivity index (χ1v) is 10.9. The zero-order valence-electron chi connectivity index (χ0n) is 16.7. The van der Waals surface area contributed by atoms with Gasteiger partial charge >= 0.3 is 5.97 Å². The molecular weight excluding hydrogens is 345 g/mol. The van der Waals surface area contributed by atoms with Gasteiger partial charge in [0.2, 0.25) is 6.03 Å². The Bertz CT molecular complexity index is 412. The summed E-state index contributed by atoms with van der Waals surface area (Å²) in [6.45, 7) is 12.3. The van der Waals surface area contributed by atoms with E-state index in [2.05, 4.69) is 5.32 Å². The molecule has 0 aromatic heterocycles. The highest BCUT2D eigenvalue weighted by Gasteiger charge is 2.44. The van der Waals surface area contributed by atoms with Crippen LogP contribution in [-0.2, 0) is 28.1 Å². The first-order chi connectivity index (χ1) is 11.8. The maximum absolute atomic E-state index is 13.7. The lowest BCUT2D eigenvalue weighted by Gasteiger charge is -2.34. The minimum absolute atomic E-state index is 0.263. The van der Waals surface area contributed by atoms with Crippen LogP contribution in [0.4, 0.5) is 0 Å². The molecule has 8 heteroatoms. The van der Waals surface area contributed by atoms with Crippen molar-refractivity contribution in [2.24, 2.45) is 5.92 Å². The Balaban J connectivity index is 5.60. The summed E-state index contributed by atoms with van der Waals surface area (Å²) in [6.07, 6.45) is 1.07. The fourth-order valence-electron chi connectivity index (χ4n) is 2.60. The Morgan fingerprint density at radius 3 is 1.96 bits per heavy atom. The molecule has 1 N–H and O–H groups in total. The van der Waals surface area contributed by atoms with Gasteiger partial charge in [0.1, 0.15) is 6.04 Å². The standard InChI is InChI=1S/C17H36NO6P/c1-8-15(18-14(12-13(5)6)16(19)21-7)25(20,24-11-4)17(22-9-2)23-10-3/h13-15,17-18H,8-12H2,1-7H3/t14-,15+,25-/m1/s1. The van der Waals surface area contributed by atoms with E-state index < -0.39 is 25.2 Å². The molecular formula is C17H36NO6P. The Morgan fingerprint density at radius 1 is 1.04 bits per heavy atom. The summed E-state index contributed by atoms with van der Waals surface area (Å²) in [7, 11) is -2.03. The van der Waals surface area contributed by atoms with E-state index in [-0.39, 0.29) is 18.5 Å². The molecule has 0 saturated heterocycles. The highest BCUT2D eigenvalue weighted by Crippen LogP contribution is 2.57. The molecule has 7 nitrogen and oxygen atoms in total. The Morgan fingerprint density at radius 2 is 1.60 bits per heavy atom. The van der Waals surface area contributed by atoms with Gasteiger partial charge in [-0.25, -0.2) is 0 Å². The minimum atomic E-state index is -3.38. The zero-order chi connectivity index (χ0) is 19.5. The highest BCUT2D eigenvalue weighted by molar-refractivity contribution is 7.60. The number of rotatable bonds is 14. The number of ether oxygens (including phenoxy) is 3. The van der Waals surface area contributed by atoms with Gasteiger partial charge in [-0.1, -0.05) is 20.8 Å². The normalized spacial score (nSPS) is 16.7. The molecule has 0 amide bonds. The third-order valence-electron chi connectivity index (χ3n) is 3.65. The first-order valence-electron chi connectivity index (χ1n) is 9.11. The molecule has 25 heavy (non-hydrogen) atoms. The molecule has 0 aromatic carbocycles. The van der Waals surface area contributed by atoms with Gasteiger partial charge < -0.3 is 18.7 Å². The summed E-state index contributed by atoms with van der Waals surface area (Å²) < 4.78 is 35.4. The number of hydrogen-bond acceptors (Lipinski definition) is 7. The smallest absolute Gasteiger partial charge is 0.322 e. The Labute approximate surface area is 152 Å². The summed E-state index contributed by atoms with van der Waals surface area (Å²) in [5, 5.41) is 3.19. The van der Waals surface area contributed by atoms with Crippen LogP contribution in [0, 0.1) is 5.92 Å². The molecule has 0 heterocycles. The summed E-state index contributed by atoms with van der Waals surface area (Å²) in [6, 6.07) is -1.52. The summed E-state index contributed by atoms with van der Waals surface area (Å²) >= 11 is 0. The molecule has 0 radical (unpaired) electrons. The molecule has 0 rings (SSSR count). The maximum atomic E-state index is 13.7. The van der Waals surface area contributed by atoms with Gasteiger partial charge in [-0.15, -0.1) is 0 Å². The average molecular weight is 381 g/mol. The van der Waals surface area contributed by atoms with E-state index in [0.29, 0.717) is 26.1 Å². The molecule has 3 atom stereocenters. The van der Waals surface area contributed by atoms with E-state index in [4.69, 9.17) is 18.7 Å². The highest BCUT2D eigenvalue weighted by atomic mass is 31.2. The van der Waals surface area contributed by atoms with Crippen LogP contribution in [0.5, 0.6) is 0 Å². The molecule has 0 spiro atoms. The molecule has 0 unspecified atom stereocenters. The van der Waals surface area contributed by atoms with Crippen LogP contribution in [0.2, 0.25) is 0 Å². The quantitative estimate of drug-likeness (QED) is 0.280. The van der Waals surface area contributed by atoms with E-state index in [0.717, 1.165) is 0 Å². The largest absolute Gasteiger partial charge is 0.468 e. The molecule has 0 fully saturated rings. The monoisotopic (exact) mass is 381 g/mol. The topological polar surface area (TPSA) is 83.1 Å². The van der Waals surface area contributed by atoms with Crippen molar-refractivity contribution in [2.45, 2.75) is 72.2 Å². The van der Waals surface area contributed by atoms with Gasteiger partial charge in [-0.05, 0) is 39.5 Å². The Kier molecular flexibility index (Phi) is 12.6. The van der Waals surface area contributed by atoms with Gasteiger partial charge in [-0.2, -0.15) is 0 Å². The van der Waals surface area contributed by atoms with Crippen LogP contribution < -0.4 is 5.32 Å². The second kappa shape index (κ2) is 12.8. The van der Waals surface area contributed by atoms with Gasteiger partial charge in [0, 0.05) is 13.2 Å². The van der Waals surface area contributed by atoms with Crippen molar-refractivity contribution in [2.75, 3.05) is 26.9 Å². The van der Waals surface area contributed by atoms with Crippen LogP contribution in [-0.4, -0.2) is 50.8 Å². The molecule has 0 aliphatic heterocycles. The lowest BCUT2D eigenvalue weighted by molar-refractivity contribution is -0.143. The number of methoxy groups -OCH3 is 1. The van der Waals surface area contributed by atoms with Crippen molar-refractivity contribution in [1.82, 2.24) is 5.32 Å². The number of carbonyl (C=O) groups excluding carboxylic acids is 1. The third-order valence-corrected chi connectivity index (χ3v) is 6.58. The fraction of sp³-hybridized carbons (Fsp3) is 0.941. The van der Waals surface area contributed by atoms with Gasteiger partial charge in [0.15, 0.2) is 0 Å². The molecule has 0 aromatic rings. The number of hydrogen-bond donors (Lipinski definition) is 1. The number of esters is 1. The summed E-state index contributed by atoms with van der Waals surface area (Å²) in [5.41, 5.74) is 0. The summed E-state index contributed by atoms with van der Waals surface area (Å²) in [5.74, 6) is -0.673. The second-order valence-electron chi connectivity index (χ2n) is 6.08. The SMILES string of the molecule is CCOC(OCC)[P@](=O)(OCC)[C@@H](CC)N[C@H](CC(C)C)C(=O)OC. The van der Waals surface area contributed by atoms with Crippen molar-refractivity contribution in [3.05, 3.63) is 0 Å². The fourth-order valence-corrected chi connectivity index (χ4v) is 5.20. The predicted octanol–water partition coefficient (Wildman–Crippen LogP) is 3.57. The van der Waals surface area contributed by atoms with Gasteiger partial charge in [0.25, 0.3) is 7.37 Å². The van der Waals surface area contributed by atoms with Crippen LogP contribution in [0.1, 0.15) is 54.4 Å². The molecule has 0 bridgehead atoms. The van der Waals surface area contributed by atoms with E-state index >= 15 is 0 Å². The molecule has 150 valence electrons. The van der Waals surface area contributed by atoms with Crippen molar-refractivity contribution in [1.29, 1.82) is 0 Å². The lowest BCUT2D eigenvalue weighted by atomic mass is 10.0. The maximum Gasteiger partial charge on any atom is 0.322 e. The van der Waals surface area contributed by atoms with Crippen molar-refractivity contribution in [3.63, 3.8) is 0 Å². The van der Waals surface area contributed by atoms with Crippen molar-refractivity contribution >= 4 is 13.3 Å². The molecule has 0 aliphatic rings. The molecule has 0 aliphatic carbocycles. The predicted molar refractivity (Wildman–Crippen MR) is 98.7 cm³/mol. The van der Waals surface area contributed by atoms with Crippen LogP contribution >= 0.6 is 7.37 Å². The number of nitrogens with one attached hydrogen (secondary N) is 1. The summed E-state index contributed by atoms with van der Waals surface area (Å²) in [4.78, 5) is 12.1. The first kappa shape index (κ1) is 24.5. The van der Waals surface area contributed by atoms with E-state index in [9.17, 15) is 9.36 Å². The zero-order valence-corrected chi connectivity index (χ0v) is 17.6. The average Bonchev–Trinajstić information content (AvgIpc) is 2.57. The minimum Gasteiger partial charge on any atom is -0.468 e. The van der Waals surface area contributed by atoms with E-state index in [1.165, 1.54) is 7.11 Å². The van der Waals surface area contributed by atoms with Crippen LogP contribution in [0.25, 0.3) is 0 Å². The Hall–Kier alpha value is -0.460.